The smallest absolute Gasteiger partial charge is 0.225 e. The zero-order valence-corrected chi connectivity index (χ0v) is 14.9. The molecule has 122 valence electrons. The Hall–Kier alpha value is -1.85. The van der Waals surface area contributed by atoms with Crippen LogP contribution in [0.4, 0.5) is 5.69 Å². The molecule has 0 aliphatic carbocycles. The van der Waals surface area contributed by atoms with Gasteiger partial charge in [-0.3, -0.25) is 4.79 Å². The van der Waals surface area contributed by atoms with Crippen LogP contribution < -0.4 is 15.4 Å². The highest BCUT2D eigenvalue weighted by Crippen LogP contribution is 2.20. The summed E-state index contributed by atoms with van der Waals surface area (Å²) in [6, 6.07) is 13.6. The van der Waals surface area contributed by atoms with Gasteiger partial charge in [0.25, 0.3) is 0 Å². The summed E-state index contributed by atoms with van der Waals surface area (Å²) in [5.74, 6) is 0.849. The zero-order chi connectivity index (χ0) is 16.7. The molecule has 5 heteroatoms. The normalized spacial score (nSPS) is 10.4. The molecule has 0 saturated carbocycles. The summed E-state index contributed by atoms with van der Waals surface area (Å²) >= 11 is 3.46. The molecule has 0 saturated heterocycles. The Morgan fingerprint density at radius 2 is 2.00 bits per heavy atom. The van der Waals surface area contributed by atoms with E-state index in [1.54, 1.807) is 7.11 Å². The van der Waals surface area contributed by atoms with E-state index in [1.165, 1.54) is 0 Å². The number of hydrogen-bond donors (Lipinski definition) is 2. The molecular formula is C18H21BrN2O2. The third-order valence-electron chi connectivity index (χ3n) is 3.49. The van der Waals surface area contributed by atoms with E-state index in [9.17, 15) is 4.79 Å². The number of amides is 1. The highest BCUT2D eigenvalue weighted by Gasteiger charge is 2.05. The van der Waals surface area contributed by atoms with E-state index in [0.717, 1.165) is 27.0 Å². The summed E-state index contributed by atoms with van der Waals surface area (Å²) in [6.07, 6.45) is 0.417. The lowest BCUT2D eigenvalue weighted by molar-refractivity contribution is -0.116. The lowest BCUT2D eigenvalue weighted by Crippen LogP contribution is -2.21. The molecule has 23 heavy (non-hydrogen) atoms. The summed E-state index contributed by atoms with van der Waals surface area (Å²) in [5, 5.41) is 6.16. The molecule has 0 aliphatic heterocycles. The molecule has 0 atom stereocenters. The number of anilines is 1. The maximum atomic E-state index is 12.0. The predicted octanol–water partition coefficient (Wildman–Crippen LogP) is 3.88. The van der Waals surface area contributed by atoms with Gasteiger partial charge in [0.1, 0.15) is 5.75 Å². The van der Waals surface area contributed by atoms with Gasteiger partial charge in [0.15, 0.2) is 0 Å². The number of aryl methyl sites for hydroxylation is 1. The van der Waals surface area contributed by atoms with Crippen LogP contribution in [0.1, 0.15) is 17.5 Å². The van der Waals surface area contributed by atoms with Gasteiger partial charge in [-0.2, -0.15) is 0 Å². The number of rotatable bonds is 7. The number of halogens is 1. The molecule has 0 fully saturated rings. The summed E-state index contributed by atoms with van der Waals surface area (Å²) in [5.41, 5.74) is 3.02. The van der Waals surface area contributed by atoms with Crippen LogP contribution >= 0.6 is 15.9 Å². The topological polar surface area (TPSA) is 50.4 Å². The van der Waals surface area contributed by atoms with Gasteiger partial charge in [-0.05, 0) is 30.7 Å². The summed E-state index contributed by atoms with van der Waals surface area (Å²) in [6.45, 7) is 3.29. The van der Waals surface area contributed by atoms with Crippen molar-refractivity contribution in [3.63, 3.8) is 0 Å². The molecule has 4 nitrogen and oxygen atoms in total. The largest absolute Gasteiger partial charge is 0.496 e. The van der Waals surface area contributed by atoms with Gasteiger partial charge >= 0.3 is 0 Å². The predicted molar refractivity (Wildman–Crippen MR) is 96.8 cm³/mol. The van der Waals surface area contributed by atoms with Crippen molar-refractivity contribution < 1.29 is 9.53 Å². The van der Waals surface area contributed by atoms with Crippen molar-refractivity contribution in [3.05, 3.63) is 58.1 Å². The average Bonchev–Trinajstić information content (AvgIpc) is 2.55. The van der Waals surface area contributed by atoms with Crippen LogP contribution in [-0.4, -0.2) is 19.6 Å². The minimum absolute atomic E-state index is 0.00622. The molecule has 0 spiro atoms. The van der Waals surface area contributed by atoms with Crippen LogP contribution in [0.3, 0.4) is 0 Å². The summed E-state index contributed by atoms with van der Waals surface area (Å²) < 4.78 is 6.29. The van der Waals surface area contributed by atoms with Gasteiger partial charge in [0.2, 0.25) is 5.91 Å². The number of hydrogen-bond acceptors (Lipinski definition) is 3. The highest BCUT2D eigenvalue weighted by atomic mass is 79.9. The first-order chi connectivity index (χ1) is 11.1. The molecule has 0 radical (unpaired) electrons. The summed E-state index contributed by atoms with van der Waals surface area (Å²) in [4.78, 5) is 12.0. The first-order valence-corrected chi connectivity index (χ1v) is 8.28. The quantitative estimate of drug-likeness (QED) is 0.720. The Kier molecular flexibility index (Phi) is 6.62. The lowest BCUT2D eigenvalue weighted by atomic mass is 10.2. The van der Waals surface area contributed by atoms with Crippen molar-refractivity contribution in [3.8, 4) is 5.75 Å². The van der Waals surface area contributed by atoms with Crippen LogP contribution in [0, 0.1) is 6.92 Å². The SMILES string of the molecule is COc1ccccc1CNCCC(=O)Nc1ccc(C)c(Br)c1. The van der Waals surface area contributed by atoms with E-state index in [4.69, 9.17) is 4.74 Å². The first-order valence-electron chi connectivity index (χ1n) is 7.49. The van der Waals surface area contributed by atoms with Crippen molar-refractivity contribution in [2.75, 3.05) is 19.0 Å². The average molecular weight is 377 g/mol. The third-order valence-corrected chi connectivity index (χ3v) is 4.35. The van der Waals surface area contributed by atoms with E-state index in [2.05, 4.69) is 26.6 Å². The maximum Gasteiger partial charge on any atom is 0.225 e. The second-order valence-electron chi connectivity index (χ2n) is 5.25. The lowest BCUT2D eigenvalue weighted by Gasteiger charge is -2.10. The Balaban J connectivity index is 1.75. The number of nitrogens with one attached hydrogen (secondary N) is 2. The maximum absolute atomic E-state index is 12.0. The molecule has 2 aromatic carbocycles. The van der Waals surface area contributed by atoms with Gasteiger partial charge in [-0.15, -0.1) is 0 Å². The van der Waals surface area contributed by atoms with Crippen molar-refractivity contribution >= 4 is 27.5 Å². The van der Waals surface area contributed by atoms with E-state index in [1.807, 2.05) is 49.4 Å². The minimum Gasteiger partial charge on any atom is -0.496 e. The molecular weight excluding hydrogens is 356 g/mol. The van der Waals surface area contributed by atoms with Crippen LogP contribution in [0.5, 0.6) is 5.75 Å². The molecule has 2 aromatic rings. The van der Waals surface area contributed by atoms with E-state index in [0.29, 0.717) is 19.5 Å². The Morgan fingerprint density at radius 3 is 2.74 bits per heavy atom. The third kappa shape index (κ3) is 5.37. The molecule has 0 bridgehead atoms. The fourth-order valence-corrected chi connectivity index (χ4v) is 2.55. The Morgan fingerprint density at radius 1 is 1.22 bits per heavy atom. The molecule has 2 rings (SSSR count). The van der Waals surface area contributed by atoms with Crippen molar-refractivity contribution in [1.29, 1.82) is 0 Å². The van der Waals surface area contributed by atoms with E-state index in [-0.39, 0.29) is 5.91 Å². The van der Waals surface area contributed by atoms with Crippen LogP contribution in [-0.2, 0) is 11.3 Å². The van der Waals surface area contributed by atoms with Gasteiger partial charge in [-0.1, -0.05) is 40.2 Å². The van der Waals surface area contributed by atoms with Crippen LogP contribution in [0.25, 0.3) is 0 Å². The van der Waals surface area contributed by atoms with Gasteiger partial charge in [0.05, 0.1) is 7.11 Å². The number of carbonyl (C=O) groups is 1. The monoisotopic (exact) mass is 376 g/mol. The van der Waals surface area contributed by atoms with Gasteiger partial charge in [-0.25, -0.2) is 0 Å². The van der Waals surface area contributed by atoms with E-state index >= 15 is 0 Å². The zero-order valence-electron chi connectivity index (χ0n) is 13.4. The van der Waals surface area contributed by atoms with Crippen molar-refractivity contribution in [2.24, 2.45) is 0 Å². The molecule has 0 aromatic heterocycles. The van der Waals surface area contributed by atoms with Crippen LogP contribution in [0.2, 0.25) is 0 Å². The fourth-order valence-electron chi connectivity index (χ4n) is 2.17. The molecule has 0 heterocycles. The number of benzene rings is 2. The van der Waals surface area contributed by atoms with E-state index < -0.39 is 0 Å². The highest BCUT2D eigenvalue weighted by molar-refractivity contribution is 9.10. The standard InChI is InChI=1S/C18H21BrN2O2/c1-13-7-8-15(11-16(13)19)21-18(22)9-10-20-12-14-5-3-4-6-17(14)23-2/h3-8,11,20H,9-10,12H2,1-2H3,(H,21,22). The molecule has 0 aliphatic rings. The molecule has 1 amide bonds. The fraction of sp³-hybridized carbons (Fsp3) is 0.278. The minimum atomic E-state index is -0.00622. The second-order valence-corrected chi connectivity index (χ2v) is 6.11. The van der Waals surface area contributed by atoms with Crippen molar-refractivity contribution in [2.45, 2.75) is 19.9 Å². The second kappa shape index (κ2) is 8.70. The number of carbonyl (C=O) groups excluding carboxylic acids is 1. The Bertz CT molecular complexity index is 674. The Labute approximate surface area is 145 Å². The number of methoxy groups -OCH3 is 1. The van der Waals surface area contributed by atoms with Gasteiger partial charge in [0, 0.05) is 35.2 Å². The van der Waals surface area contributed by atoms with Gasteiger partial charge < -0.3 is 15.4 Å². The molecule has 0 unspecified atom stereocenters. The summed E-state index contributed by atoms with van der Waals surface area (Å²) in [7, 11) is 1.66. The van der Waals surface area contributed by atoms with Crippen molar-refractivity contribution in [1.82, 2.24) is 5.32 Å². The van der Waals surface area contributed by atoms with Crippen LogP contribution in [0.15, 0.2) is 46.9 Å². The molecule has 2 N–H and O–H groups in total. The number of para-hydroxylation sites is 1. The first kappa shape index (κ1) is 17.5. The number of ether oxygens (including phenoxy) is 1.